The summed E-state index contributed by atoms with van der Waals surface area (Å²) in [6.45, 7) is 0. The van der Waals surface area contributed by atoms with Crippen LogP contribution in [-0.4, -0.2) is 19.9 Å². The molecule has 2 heterocycles. The van der Waals surface area contributed by atoms with Crippen molar-refractivity contribution in [2.24, 2.45) is 14.1 Å². The quantitative estimate of drug-likeness (QED) is 0.402. The zero-order valence-electron chi connectivity index (χ0n) is 16.8. The van der Waals surface area contributed by atoms with E-state index in [4.69, 9.17) is 0 Å². The van der Waals surface area contributed by atoms with Crippen LogP contribution in [0.2, 0.25) is 0 Å². The second kappa shape index (κ2) is 6.49. The predicted octanol–water partition coefficient (Wildman–Crippen LogP) is 3.53. The Morgan fingerprint density at radius 3 is 2.22 bits per heavy atom. The van der Waals surface area contributed by atoms with Crippen molar-refractivity contribution in [3.05, 3.63) is 86.1 Å². The number of fused-ring (bicyclic) bond motifs is 4. The van der Waals surface area contributed by atoms with Crippen molar-refractivity contribution in [1.82, 2.24) is 14.1 Å². The molecule has 0 spiro atoms. The van der Waals surface area contributed by atoms with Crippen LogP contribution in [0.25, 0.3) is 33.4 Å². The predicted molar refractivity (Wildman–Crippen MR) is 112 cm³/mol. The molecule has 2 aromatic carbocycles. The molecule has 0 saturated carbocycles. The molecule has 1 aliphatic rings. The average Bonchev–Trinajstić information content (AvgIpc) is 3.06. The highest BCUT2D eigenvalue weighted by Gasteiger charge is 2.35. The first-order valence-electron chi connectivity index (χ1n) is 9.56. The summed E-state index contributed by atoms with van der Waals surface area (Å²) < 4.78 is 42.3. The van der Waals surface area contributed by atoms with Gasteiger partial charge in [0.05, 0.1) is 22.2 Å². The number of alkyl halides is 3. The maximum absolute atomic E-state index is 13.4. The lowest BCUT2D eigenvalue weighted by Crippen LogP contribution is -2.37. The first-order chi connectivity index (χ1) is 15.1. The summed E-state index contributed by atoms with van der Waals surface area (Å²) in [4.78, 5) is 43.4. The molecule has 160 valence electrons. The fourth-order valence-corrected chi connectivity index (χ4v) is 4.17. The number of rotatable bonds is 1. The highest BCUT2D eigenvalue weighted by Crippen LogP contribution is 2.43. The van der Waals surface area contributed by atoms with Gasteiger partial charge in [-0.25, -0.2) is 9.78 Å². The first kappa shape index (κ1) is 19.9. The number of aryl methyl sites for hydroxylation is 1. The summed E-state index contributed by atoms with van der Waals surface area (Å²) >= 11 is 0. The minimum Gasteiger partial charge on any atom is -0.288 e. The molecule has 2 aromatic heterocycles. The SMILES string of the molecule is Cn1c(=O)c2c(-c3cccc(C(F)(F)F)c3)c3c(nc2n(C)c1=O)-c1ccccc1C3=O. The van der Waals surface area contributed by atoms with Gasteiger partial charge < -0.3 is 0 Å². The van der Waals surface area contributed by atoms with E-state index in [2.05, 4.69) is 4.98 Å². The van der Waals surface area contributed by atoms with Crippen LogP contribution in [0, 0.1) is 0 Å². The van der Waals surface area contributed by atoms with Crippen LogP contribution in [0.3, 0.4) is 0 Å². The maximum Gasteiger partial charge on any atom is 0.416 e. The second-order valence-corrected chi connectivity index (χ2v) is 7.57. The summed E-state index contributed by atoms with van der Waals surface area (Å²) in [5.41, 5.74) is -1.11. The van der Waals surface area contributed by atoms with Gasteiger partial charge >= 0.3 is 11.9 Å². The van der Waals surface area contributed by atoms with Gasteiger partial charge in [-0.3, -0.25) is 18.7 Å². The molecule has 0 N–H and O–H groups in total. The Hall–Kier alpha value is -4.01. The number of nitrogens with zero attached hydrogens (tertiary/aromatic N) is 3. The normalized spacial score (nSPS) is 12.8. The van der Waals surface area contributed by atoms with E-state index < -0.39 is 28.8 Å². The molecule has 0 bridgehead atoms. The van der Waals surface area contributed by atoms with Crippen molar-refractivity contribution in [2.45, 2.75) is 6.18 Å². The third-order valence-corrected chi connectivity index (χ3v) is 5.72. The van der Waals surface area contributed by atoms with Crippen LogP contribution in [0.5, 0.6) is 0 Å². The van der Waals surface area contributed by atoms with Crippen LogP contribution in [-0.2, 0) is 20.3 Å². The fourth-order valence-electron chi connectivity index (χ4n) is 4.17. The molecule has 0 saturated heterocycles. The smallest absolute Gasteiger partial charge is 0.288 e. The van der Waals surface area contributed by atoms with Gasteiger partial charge in [0, 0.05) is 30.8 Å². The van der Waals surface area contributed by atoms with E-state index in [0.29, 0.717) is 11.1 Å². The van der Waals surface area contributed by atoms with Gasteiger partial charge in [-0.2, -0.15) is 13.2 Å². The molecule has 0 aliphatic heterocycles. The number of ketones is 1. The molecule has 0 unspecified atom stereocenters. The Labute approximate surface area is 178 Å². The van der Waals surface area contributed by atoms with Gasteiger partial charge in [-0.15, -0.1) is 0 Å². The van der Waals surface area contributed by atoms with E-state index in [1.807, 2.05) is 0 Å². The topological polar surface area (TPSA) is 74.0 Å². The molecule has 9 heteroatoms. The maximum atomic E-state index is 13.4. The standard InChI is InChI=1S/C23H14F3N3O3/c1-28-20-17(21(31)29(2)22(28)32)15(11-6-5-7-12(10-11)23(24,25)26)16-18(27-20)13-8-3-4-9-14(13)19(16)30/h3-10H,1-2H3. The zero-order valence-corrected chi connectivity index (χ0v) is 16.8. The minimum absolute atomic E-state index is 0.00577. The van der Waals surface area contributed by atoms with Crippen LogP contribution < -0.4 is 11.2 Å². The number of hydrogen-bond donors (Lipinski definition) is 0. The second-order valence-electron chi connectivity index (χ2n) is 7.57. The molecule has 4 aromatic rings. The third-order valence-electron chi connectivity index (χ3n) is 5.72. The Morgan fingerprint density at radius 1 is 0.844 bits per heavy atom. The summed E-state index contributed by atoms with van der Waals surface area (Å²) in [6, 6.07) is 11.1. The molecule has 0 radical (unpaired) electrons. The Balaban J connectivity index is 2.03. The van der Waals surface area contributed by atoms with Crippen molar-refractivity contribution in [3.63, 3.8) is 0 Å². The van der Waals surface area contributed by atoms with Crippen LogP contribution in [0.15, 0.2) is 58.1 Å². The first-order valence-corrected chi connectivity index (χ1v) is 9.56. The molecule has 0 atom stereocenters. The van der Waals surface area contributed by atoms with Crippen molar-refractivity contribution in [1.29, 1.82) is 0 Å². The number of pyridine rings is 1. The van der Waals surface area contributed by atoms with Crippen molar-refractivity contribution >= 4 is 16.8 Å². The lowest BCUT2D eigenvalue weighted by molar-refractivity contribution is -0.137. The van der Waals surface area contributed by atoms with Crippen molar-refractivity contribution < 1.29 is 18.0 Å². The fraction of sp³-hybridized carbons (Fsp3) is 0.130. The lowest BCUT2D eigenvalue weighted by atomic mass is 9.94. The number of aromatic nitrogens is 3. The minimum atomic E-state index is -4.62. The van der Waals surface area contributed by atoms with E-state index in [1.54, 1.807) is 24.3 Å². The van der Waals surface area contributed by atoms with Crippen LogP contribution >= 0.6 is 0 Å². The Kier molecular flexibility index (Phi) is 4.04. The molecule has 6 nitrogen and oxygen atoms in total. The van der Waals surface area contributed by atoms with Gasteiger partial charge in [-0.1, -0.05) is 36.4 Å². The van der Waals surface area contributed by atoms with Crippen LogP contribution in [0.1, 0.15) is 21.5 Å². The van der Waals surface area contributed by atoms with Crippen molar-refractivity contribution in [3.8, 4) is 22.4 Å². The Bertz CT molecular complexity index is 1600. The van der Waals surface area contributed by atoms with Crippen LogP contribution in [0.4, 0.5) is 13.2 Å². The summed E-state index contributed by atoms with van der Waals surface area (Å²) in [7, 11) is 2.69. The molecular weight excluding hydrogens is 423 g/mol. The molecular formula is C23H14F3N3O3. The van der Waals surface area contributed by atoms with E-state index in [-0.39, 0.29) is 33.4 Å². The average molecular weight is 437 g/mol. The highest BCUT2D eigenvalue weighted by molar-refractivity contribution is 6.26. The number of carbonyl (C=O) groups is 1. The van der Waals surface area contributed by atoms with Crippen molar-refractivity contribution in [2.75, 3.05) is 0 Å². The van der Waals surface area contributed by atoms with E-state index in [9.17, 15) is 27.6 Å². The van der Waals surface area contributed by atoms with E-state index in [1.165, 1.54) is 26.2 Å². The van der Waals surface area contributed by atoms with Gasteiger partial charge in [-0.05, 0) is 17.7 Å². The highest BCUT2D eigenvalue weighted by atomic mass is 19.4. The zero-order chi connectivity index (χ0) is 22.9. The number of halogens is 3. The molecule has 0 amide bonds. The summed E-state index contributed by atoms with van der Waals surface area (Å²) in [5.74, 6) is -0.437. The summed E-state index contributed by atoms with van der Waals surface area (Å²) in [5, 5.41) is -0.0890. The molecule has 1 aliphatic carbocycles. The monoisotopic (exact) mass is 437 g/mol. The molecule has 5 rings (SSSR count). The lowest BCUT2D eigenvalue weighted by Gasteiger charge is -2.16. The van der Waals surface area contributed by atoms with E-state index in [0.717, 1.165) is 21.3 Å². The Morgan fingerprint density at radius 2 is 1.53 bits per heavy atom. The van der Waals surface area contributed by atoms with Gasteiger partial charge in [0.25, 0.3) is 5.56 Å². The molecule has 32 heavy (non-hydrogen) atoms. The summed E-state index contributed by atoms with van der Waals surface area (Å²) in [6.07, 6.45) is -4.62. The van der Waals surface area contributed by atoms with Gasteiger partial charge in [0.2, 0.25) is 0 Å². The number of benzene rings is 2. The van der Waals surface area contributed by atoms with E-state index >= 15 is 0 Å². The largest absolute Gasteiger partial charge is 0.416 e. The third kappa shape index (κ3) is 2.60. The van der Waals surface area contributed by atoms with Gasteiger partial charge in [0.15, 0.2) is 11.4 Å². The number of carbonyl (C=O) groups excluding carboxylic acids is 1. The molecule has 0 fully saturated rings. The number of hydrogen-bond acceptors (Lipinski definition) is 4. The van der Waals surface area contributed by atoms with Gasteiger partial charge in [0.1, 0.15) is 0 Å².